The molecule has 0 spiro atoms. The monoisotopic (exact) mass is 392 g/mol. The Labute approximate surface area is 169 Å². The Morgan fingerprint density at radius 3 is 2.07 bits per heavy atom. The van der Waals surface area contributed by atoms with Crippen LogP contribution in [0.3, 0.4) is 0 Å². The second-order valence-electron chi connectivity index (χ2n) is 6.71. The van der Waals surface area contributed by atoms with Crippen LogP contribution in [-0.2, 0) is 14.1 Å². The summed E-state index contributed by atoms with van der Waals surface area (Å²) in [5.74, 6) is 2.29. The van der Waals surface area contributed by atoms with Crippen molar-refractivity contribution in [2.45, 2.75) is 20.8 Å². The van der Waals surface area contributed by atoms with Crippen LogP contribution in [0.15, 0.2) is 36.4 Å². The smallest absolute Gasteiger partial charge is 0.204 e. The standard InChI is InChI=1S/C10H12N4O.C10H12N4/c1-7-6-8(4-5-9(7)15-3)10-11-13-14(2)12-10;1-7-4-5-9(6-8(7)2)10-11-12-13-14(10)3/h4-6H,1-3H3;4-6H,1-3H3. The van der Waals surface area contributed by atoms with Crippen LogP contribution >= 0.6 is 0 Å². The first kappa shape index (κ1) is 20.1. The number of hydrogen-bond donors (Lipinski definition) is 0. The summed E-state index contributed by atoms with van der Waals surface area (Å²) in [6.45, 7) is 6.16. The fraction of sp³-hybridized carbons (Fsp3) is 0.300. The molecule has 2 aromatic heterocycles. The Hall–Kier alpha value is -3.62. The normalized spacial score (nSPS) is 10.4. The van der Waals surface area contributed by atoms with Crippen LogP contribution in [-0.4, -0.2) is 47.5 Å². The van der Waals surface area contributed by atoms with Crippen LogP contribution in [0.5, 0.6) is 5.75 Å². The summed E-state index contributed by atoms with van der Waals surface area (Å²) in [5.41, 5.74) is 5.60. The van der Waals surface area contributed by atoms with Crippen molar-refractivity contribution in [3.63, 3.8) is 0 Å². The molecule has 0 radical (unpaired) electrons. The van der Waals surface area contributed by atoms with Crippen LogP contribution in [0.25, 0.3) is 22.8 Å². The third-order valence-corrected chi connectivity index (χ3v) is 4.55. The minimum atomic E-state index is 0.628. The minimum absolute atomic E-state index is 0.628. The maximum Gasteiger partial charge on any atom is 0.204 e. The van der Waals surface area contributed by atoms with E-state index < -0.39 is 0 Å². The maximum atomic E-state index is 5.18. The molecule has 0 aliphatic heterocycles. The van der Waals surface area contributed by atoms with Gasteiger partial charge in [-0.15, -0.1) is 15.3 Å². The van der Waals surface area contributed by atoms with E-state index in [1.807, 2.05) is 38.2 Å². The average molecular weight is 392 g/mol. The second-order valence-corrected chi connectivity index (χ2v) is 6.71. The molecule has 29 heavy (non-hydrogen) atoms. The first-order valence-electron chi connectivity index (χ1n) is 9.08. The molecular formula is C20H24N8O. The quantitative estimate of drug-likeness (QED) is 0.529. The molecule has 0 fully saturated rings. The number of rotatable bonds is 3. The molecule has 0 aliphatic carbocycles. The molecule has 4 rings (SSSR count). The largest absolute Gasteiger partial charge is 0.496 e. The van der Waals surface area contributed by atoms with Crippen LogP contribution in [0.1, 0.15) is 16.7 Å². The number of methoxy groups -OCH3 is 1. The highest BCUT2D eigenvalue weighted by Gasteiger charge is 2.07. The van der Waals surface area contributed by atoms with Crippen molar-refractivity contribution >= 4 is 0 Å². The molecule has 0 bridgehead atoms. The highest BCUT2D eigenvalue weighted by Crippen LogP contribution is 2.23. The first-order chi connectivity index (χ1) is 13.9. The third kappa shape index (κ3) is 4.63. The lowest BCUT2D eigenvalue weighted by Gasteiger charge is -2.04. The van der Waals surface area contributed by atoms with E-state index >= 15 is 0 Å². The zero-order valence-corrected chi connectivity index (χ0v) is 17.5. The van der Waals surface area contributed by atoms with Gasteiger partial charge in [0, 0.05) is 18.2 Å². The van der Waals surface area contributed by atoms with Gasteiger partial charge >= 0.3 is 0 Å². The zero-order valence-electron chi connectivity index (χ0n) is 17.5. The summed E-state index contributed by atoms with van der Waals surface area (Å²) in [6, 6.07) is 12.0. The van der Waals surface area contributed by atoms with Gasteiger partial charge in [-0.1, -0.05) is 12.1 Å². The van der Waals surface area contributed by atoms with E-state index in [2.05, 4.69) is 56.9 Å². The number of tetrazole rings is 2. The summed E-state index contributed by atoms with van der Waals surface area (Å²) < 4.78 is 6.85. The van der Waals surface area contributed by atoms with E-state index in [0.29, 0.717) is 5.82 Å². The van der Waals surface area contributed by atoms with E-state index in [-0.39, 0.29) is 0 Å². The van der Waals surface area contributed by atoms with Crippen LogP contribution in [0.4, 0.5) is 0 Å². The molecule has 0 atom stereocenters. The van der Waals surface area contributed by atoms with E-state index in [9.17, 15) is 0 Å². The van der Waals surface area contributed by atoms with Gasteiger partial charge in [0.05, 0.1) is 14.2 Å². The number of ether oxygens (including phenoxy) is 1. The van der Waals surface area contributed by atoms with Gasteiger partial charge in [0.1, 0.15) is 5.75 Å². The first-order valence-corrected chi connectivity index (χ1v) is 9.08. The molecule has 0 amide bonds. The lowest BCUT2D eigenvalue weighted by Crippen LogP contribution is -1.95. The van der Waals surface area contributed by atoms with Gasteiger partial charge in [-0.3, -0.25) is 0 Å². The van der Waals surface area contributed by atoms with Gasteiger partial charge in [-0.05, 0) is 77.4 Å². The van der Waals surface area contributed by atoms with Gasteiger partial charge in [0.2, 0.25) is 5.82 Å². The predicted octanol–water partition coefficient (Wildman–Crippen LogP) is 2.69. The highest BCUT2D eigenvalue weighted by molar-refractivity contribution is 5.58. The van der Waals surface area contributed by atoms with Gasteiger partial charge in [-0.2, -0.15) is 4.80 Å². The van der Waals surface area contributed by atoms with Crippen molar-refractivity contribution in [1.82, 2.24) is 40.4 Å². The Bertz CT molecular complexity index is 1120. The zero-order chi connectivity index (χ0) is 21.0. The van der Waals surface area contributed by atoms with Crippen molar-refractivity contribution < 1.29 is 4.74 Å². The van der Waals surface area contributed by atoms with Crippen molar-refractivity contribution in [1.29, 1.82) is 0 Å². The molecule has 2 heterocycles. The molecule has 150 valence electrons. The van der Waals surface area contributed by atoms with E-state index in [1.54, 1.807) is 18.8 Å². The van der Waals surface area contributed by atoms with Gasteiger partial charge in [-0.25, -0.2) is 4.68 Å². The third-order valence-electron chi connectivity index (χ3n) is 4.55. The van der Waals surface area contributed by atoms with Crippen molar-refractivity contribution in [2.75, 3.05) is 7.11 Å². The molecule has 9 nitrogen and oxygen atoms in total. The Balaban J connectivity index is 0.000000166. The van der Waals surface area contributed by atoms with Crippen LogP contribution in [0, 0.1) is 20.8 Å². The Morgan fingerprint density at radius 2 is 1.52 bits per heavy atom. The van der Waals surface area contributed by atoms with Gasteiger partial charge < -0.3 is 4.74 Å². The lowest BCUT2D eigenvalue weighted by atomic mass is 10.1. The van der Waals surface area contributed by atoms with Gasteiger partial charge in [0.15, 0.2) is 5.82 Å². The molecule has 0 saturated carbocycles. The summed E-state index contributed by atoms with van der Waals surface area (Å²) in [5, 5.41) is 23.2. The molecule has 0 unspecified atom stereocenters. The number of hydrogen-bond acceptors (Lipinski definition) is 7. The fourth-order valence-corrected chi connectivity index (χ4v) is 2.77. The SMILES string of the molecule is COc1ccc(-c2nnn(C)n2)cc1C.Cc1ccc(-c2nnnn2C)cc1C. The molecule has 9 heteroatoms. The fourth-order valence-electron chi connectivity index (χ4n) is 2.77. The van der Waals surface area contributed by atoms with Crippen LogP contribution < -0.4 is 4.74 Å². The molecule has 0 aliphatic rings. The molecule has 0 N–H and O–H groups in total. The maximum absolute atomic E-state index is 5.18. The molecular weight excluding hydrogens is 368 g/mol. The summed E-state index contributed by atoms with van der Waals surface area (Å²) in [4.78, 5) is 1.44. The minimum Gasteiger partial charge on any atom is -0.496 e. The van der Waals surface area contributed by atoms with E-state index in [4.69, 9.17) is 4.74 Å². The topological polar surface area (TPSA) is 96.4 Å². The Morgan fingerprint density at radius 1 is 0.793 bits per heavy atom. The Kier molecular flexibility index (Phi) is 5.96. The molecule has 0 saturated heterocycles. The van der Waals surface area contributed by atoms with Crippen molar-refractivity contribution in [3.05, 3.63) is 53.1 Å². The highest BCUT2D eigenvalue weighted by atomic mass is 16.5. The number of aromatic nitrogens is 8. The summed E-state index contributed by atoms with van der Waals surface area (Å²) in [6.07, 6.45) is 0. The lowest BCUT2D eigenvalue weighted by molar-refractivity contribution is 0.412. The van der Waals surface area contributed by atoms with E-state index in [1.165, 1.54) is 15.9 Å². The van der Waals surface area contributed by atoms with Gasteiger partial charge in [0.25, 0.3) is 0 Å². The average Bonchev–Trinajstić information content (AvgIpc) is 3.33. The second kappa shape index (κ2) is 8.59. The predicted molar refractivity (Wildman–Crippen MR) is 109 cm³/mol. The van der Waals surface area contributed by atoms with Crippen molar-refractivity contribution in [3.8, 4) is 28.5 Å². The summed E-state index contributed by atoms with van der Waals surface area (Å²) in [7, 11) is 5.24. The number of aryl methyl sites for hydroxylation is 5. The van der Waals surface area contributed by atoms with Crippen LogP contribution in [0.2, 0.25) is 0 Å². The number of benzene rings is 2. The van der Waals surface area contributed by atoms with E-state index in [0.717, 1.165) is 28.3 Å². The number of nitrogens with zero attached hydrogens (tertiary/aromatic N) is 8. The molecule has 4 aromatic rings. The summed E-state index contributed by atoms with van der Waals surface area (Å²) >= 11 is 0. The molecule has 2 aromatic carbocycles. The van der Waals surface area contributed by atoms with Crippen molar-refractivity contribution in [2.24, 2.45) is 14.1 Å².